The SMILES string of the molecule is COC(=O)c1cccc(O[Si](C)(C)C(C)(C)C)c1O[Si](C)(C)C(C)(C)C. The van der Waals surface area contributed by atoms with E-state index >= 15 is 0 Å². The van der Waals surface area contributed by atoms with E-state index in [4.69, 9.17) is 13.6 Å². The van der Waals surface area contributed by atoms with E-state index in [0.717, 1.165) is 0 Å². The molecule has 0 saturated carbocycles. The van der Waals surface area contributed by atoms with Crippen LogP contribution in [0.25, 0.3) is 0 Å². The Morgan fingerprint density at radius 2 is 1.31 bits per heavy atom. The smallest absolute Gasteiger partial charge is 0.341 e. The van der Waals surface area contributed by atoms with E-state index in [0.29, 0.717) is 17.1 Å². The normalized spacial score (nSPS) is 13.3. The maximum absolute atomic E-state index is 12.4. The van der Waals surface area contributed by atoms with Crippen molar-refractivity contribution in [2.75, 3.05) is 7.11 Å². The number of hydrogen-bond donors (Lipinski definition) is 0. The lowest BCUT2D eigenvalue weighted by Gasteiger charge is -2.40. The molecule has 0 aliphatic carbocycles. The largest absolute Gasteiger partial charge is 0.541 e. The van der Waals surface area contributed by atoms with Crippen molar-refractivity contribution in [3.8, 4) is 11.5 Å². The van der Waals surface area contributed by atoms with Crippen LogP contribution in [0.2, 0.25) is 36.3 Å². The van der Waals surface area contributed by atoms with Crippen LogP contribution in [-0.4, -0.2) is 29.7 Å². The van der Waals surface area contributed by atoms with Crippen LogP contribution < -0.4 is 8.85 Å². The maximum Gasteiger partial charge on any atom is 0.341 e. The van der Waals surface area contributed by atoms with Gasteiger partial charge in [0.15, 0.2) is 5.75 Å². The molecule has 1 rings (SSSR count). The number of ether oxygens (including phenoxy) is 1. The zero-order chi connectivity index (χ0) is 20.6. The molecule has 1 aromatic rings. The van der Waals surface area contributed by atoms with Gasteiger partial charge in [0.05, 0.1) is 7.11 Å². The van der Waals surface area contributed by atoms with Crippen LogP contribution >= 0.6 is 0 Å². The molecule has 148 valence electrons. The fraction of sp³-hybridized carbons (Fsp3) is 0.650. The molecule has 26 heavy (non-hydrogen) atoms. The number of esters is 1. The summed E-state index contributed by atoms with van der Waals surface area (Å²) in [4.78, 5) is 12.4. The monoisotopic (exact) mass is 396 g/mol. The highest BCUT2D eigenvalue weighted by atomic mass is 28.4. The molecule has 0 bridgehead atoms. The van der Waals surface area contributed by atoms with Crippen LogP contribution in [-0.2, 0) is 4.74 Å². The summed E-state index contributed by atoms with van der Waals surface area (Å²) in [6.07, 6.45) is 0. The van der Waals surface area contributed by atoms with E-state index in [2.05, 4.69) is 67.7 Å². The Labute approximate surface area is 161 Å². The molecule has 0 aliphatic rings. The second kappa shape index (κ2) is 7.39. The number of carbonyl (C=O) groups excluding carboxylic acids is 1. The first-order chi connectivity index (χ1) is 11.5. The summed E-state index contributed by atoms with van der Waals surface area (Å²) in [6, 6.07) is 5.47. The highest BCUT2D eigenvalue weighted by molar-refractivity contribution is 6.75. The quantitative estimate of drug-likeness (QED) is 0.436. The van der Waals surface area contributed by atoms with Gasteiger partial charge in [-0.15, -0.1) is 0 Å². The molecule has 0 heterocycles. The van der Waals surface area contributed by atoms with Crippen molar-refractivity contribution in [3.05, 3.63) is 23.8 Å². The topological polar surface area (TPSA) is 44.8 Å². The number of hydrogen-bond acceptors (Lipinski definition) is 4. The molecule has 0 spiro atoms. The minimum Gasteiger partial charge on any atom is -0.541 e. The lowest BCUT2D eigenvalue weighted by atomic mass is 10.2. The molecule has 0 amide bonds. The standard InChI is InChI=1S/C20H36O4Si2/c1-19(2,3)25(8,9)23-16-14-12-13-15(18(21)22-7)17(16)24-26(10,11)20(4,5)6/h12-14H,1-11H3. The van der Waals surface area contributed by atoms with Gasteiger partial charge in [-0.1, -0.05) is 47.6 Å². The van der Waals surface area contributed by atoms with Crippen LogP contribution in [0.3, 0.4) is 0 Å². The lowest BCUT2D eigenvalue weighted by Crippen LogP contribution is -2.46. The Balaban J connectivity index is 3.51. The van der Waals surface area contributed by atoms with Crippen LogP contribution in [0, 0.1) is 0 Å². The predicted molar refractivity (Wildman–Crippen MR) is 113 cm³/mol. The van der Waals surface area contributed by atoms with E-state index in [1.165, 1.54) is 7.11 Å². The molecule has 0 radical (unpaired) electrons. The van der Waals surface area contributed by atoms with Gasteiger partial charge in [-0.05, 0) is 48.4 Å². The first-order valence-electron chi connectivity index (χ1n) is 9.13. The first-order valence-corrected chi connectivity index (χ1v) is 14.9. The fourth-order valence-corrected chi connectivity index (χ4v) is 3.85. The third-order valence-electron chi connectivity index (χ3n) is 5.72. The van der Waals surface area contributed by atoms with E-state index in [1.54, 1.807) is 6.07 Å². The van der Waals surface area contributed by atoms with Crippen LogP contribution in [0.5, 0.6) is 11.5 Å². The van der Waals surface area contributed by atoms with Crippen LogP contribution in [0.1, 0.15) is 51.9 Å². The number of para-hydroxylation sites is 1. The summed E-state index contributed by atoms with van der Waals surface area (Å²) < 4.78 is 18.0. The molecule has 1 aromatic carbocycles. The van der Waals surface area contributed by atoms with Crippen molar-refractivity contribution in [1.29, 1.82) is 0 Å². The Morgan fingerprint density at radius 3 is 1.73 bits per heavy atom. The van der Waals surface area contributed by atoms with Gasteiger partial charge >= 0.3 is 5.97 Å². The number of methoxy groups -OCH3 is 1. The minimum atomic E-state index is -2.16. The minimum absolute atomic E-state index is 0.00444. The van der Waals surface area contributed by atoms with Crippen molar-refractivity contribution in [3.63, 3.8) is 0 Å². The van der Waals surface area contributed by atoms with Gasteiger partial charge in [0.25, 0.3) is 16.6 Å². The molecule has 0 aromatic heterocycles. The highest BCUT2D eigenvalue weighted by Gasteiger charge is 2.43. The number of benzene rings is 1. The third kappa shape index (κ3) is 4.91. The molecule has 0 atom stereocenters. The Hall–Kier alpha value is -1.28. The molecular weight excluding hydrogens is 360 g/mol. The molecule has 0 N–H and O–H groups in total. The summed E-state index contributed by atoms with van der Waals surface area (Å²) in [6.45, 7) is 21.8. The van der Waals surface area contributed by atoms with E-state index in [1.807, 2.05) is 12.1 Å². The molecular formula is C20H36O4Si2. The van der Waals surface area contributed by atoms with E-state index in [9.17, 15) is 4.79 Å². The first kappa shape index (κ1) is 22.8. The second-order valence-electron chi connectivity index (χ2n) is 9.85. The van der Waals surface area contributed by atoms with Gasteiger partial charge in [0, 0.05) is 0 Å². The van der Waals surface area contributed by atoms with Gasteiger partial charge in [-0.25, -0.2) is 4.79 Å². The third-order valence-corrected chi connectivity index (χ3v) is 14.4. The highest BCUT2D eigenvalue weighted by Crippen LogP contribution is 2.44. The summed E-state index contributed by atoms with van der Waals surface area (Å²) >= 11 is 0. The van der Waals surface area contributed by atoms with Gasteiger partial charge in [0.1, 0.15) is 11.3 Å². The zero-order valence-electron chi connectivity index (χ0n) is 18.4. The van der Waals surface area contributed by atoms with Crippen LogP contribution in [0.4, 0.5) is 0 Å². The average molecular weight is 397 g/mol. The van der Waals surface area contributed by atoms with Crippen molar-refractivity contribution in [1.82, 2.24) is 0 Å². The van der Waals surface area contributed by atoms with E-state index < -0.39 is 22.6 Å². The van der Waals surface area contributed by atoms with Crippen molar-refractivity contribution >= 4 is 22.6 Å². The zero-order valence-corrected chi connectivity index (χ0v) is 20.4. The molecule has 0 saturated heterocycles. The molecule has 0 aliphatic heterocycles. The Kier molecular flexibility index (Phi) is 6.47. The summed E-state index contributed by atoms with van der Waals surface area (Å²) in [5.41, 5.74) is 0.425. The van der Waals surface area contributed by atoms with Gasteiger partial charge < -0.3 is 13.6 Å². The van der Waals surface area contributed by atoms with Gasteiger partial charge in [-0.2, -0.15) is 0 Å². The molecule has 0 unspecified atom stereocenters. The lowest BCUT2D eigenvalue weighted by molar-refractivity contribution is 0.0598. The van der Waals surface area contributed by atoms with Crippen LogP contribution in [0.15, 0.2) is 18.2 Å². The number of rotatable bonds is 5. The molecule has 0 fully saturated rings. The van der Waals surface area contributed by atoms with E-state index in [-0.39, 0.29) is 10.1 Å². The summed E-state index contributed by atoms with van der Waals surface area (Å²) in [5.74, 6) is 0.763. The second-order valence-corrected chi connectivity index (χ2v) is 19.3. The summed E-state index contributed by atoms with van der Waals surface area (Å²) in [7, 11) is -2.85. The van der Waals surface area contributed by atoms with Crippen molar-refractivity contribution in [2.24, 2.45) is 0 Å². The maximum atomic E-state index is 12.4. The van der Waals surface area contributed by atoms with Crippen molar-refractivity contribution in [2.45, 2.75) is 77.8 Å². The fourth-order valence-electron chi connectivity index (χ4n) is 1.81. The summed E-state index contributed by atoms with van der Waals surface area (Å²) in [5, 5.41) is 0.0486. The molecule has 4 nitrogen and oxygen atoms in total. The molecule has 6 heteroatoms. The van der Waals surface area contributed by atoms with Gasteiger partial charge in [-0.3, -0.25) is 0 Å². The Morgan fingerprint density at radius 1 is 0.846 bits per heavy atom. The van der Waals surface area contributed by atoms with Gasteiger partial charge in [0.2, 0.25) is 0 Å². The predicted octanol–water partition coefficient (Wildman–Crippen LogP) is 6.24. The van der Waals surface area contributed by atoms with Crippen molar-refractivity contribution < 1.29 is 18.4 Å². The Bertz CT molecular complexity index is 653. The number of carbonyl (C=O) groups is 1. The average Bonchev–Trinajstić information content (AvgIpc) is 2.45.